The van der Waals surface area contributed by atoms with Gasteiger partial charge in [0.2, 0.25) is 0 Å². The van der Waals surface area contributed by atoms with Crippen LogP contribution in [0.1, 0.15) is 33.0 Å². The van der Waals surface area contributed by atoms with Crippen LogP contribution in [0, 0.1) is 13.8 Å². The molecule has 0 radical (unpaired) electrons. The lowest BCUT2D eigenvalue weighted by Gasteiger charge is -2.08. The minimum Gasteiger partial charge on any atom is -0.453 e. The number of aryl methyl sites for hydroxylation is 2. The van der Waals surface area contributed by atoms with E-state index in [0.29, 0.717) is 17.8 Å². The first kappa shape index (κ1) is 17.5. The van der Waals surface area contributed by atoms with Crippen LogP contribution in [0.25, 0.3) is 0 Å². The number of methoxy groups -OCH3 is 1. The van der Waals surface area contributed by atoms with Crippen LogP contribution in [0.4, 0.5) is 4.79 Å². The number of ether oxygens (including phenoxy) is 1. The van der Waals surface area contributed by atoms with Gasteiger partial charge in [-0.25, -0.2) is 4.79 Å². The molecule has 2 N–H and O–H groups in total. The van der Waals surface area contributed by atoms with Crippen LogP contribution in [-0.2, 0) is 24.9 Å². The van der Waals surface area contributed by atoms with Crippen molar-refractivity contribution in [1.82, 2.24) is 25.4 Å². The maximum atomic E-state index is 12.3. The summed E-state index contributed by atoms with van der Waals surface area (Å²) in [5.41, 5.74) is 3.97. The molecular formula is C16H21N5O3. The van der Waals surface area contributed by atoms with Gasteiger partial charge in [-0.3, -0.25) is 14.5 Å². The Hall–Kier alpha value is -2.90. The van der Waals surface area contributed by atoms with Gasteiger partial charge in [0.05, 0.1) is 25.0 Å². The maximum Gasteiger partial charge on any atom is 0.407 e. The molecule has 0 bridgehead atoms. The van der Waals surface area contributed by atoms with Crippen LogP contribution in [0.5, 0.6) is 0 Å². The molecule has 0 unspecified atom stereocenters. The van der Waals surface area contributed by atoms with E-state index in [2.05, 4.69) is 25.5 Å². The van der Waals surface area contributed by atoms with Crippen molar-refractivity contribution in [3.8, 4) is 0 Å². The minimum absolute atomic E-state index is 0.189. The fourth-order valence-electron chi connectivity index (χ4n) is 2.30. The van der Waals surface area contributed by atoms with E-state index in [0.717, 1.165) is 17.0 Å². The number of hydrogen-bond acceptors (Lipinski definition) is 5. The molecule has 0 aromatic carbocycles. The van der Waals surface area contributed by atoms with Gasteiger partial charge < -0.3 is 15.4 Å². The van der Waals surface area contributed by atoms with E-state index < -0.39 is 6.09 Å². The zero-order valence-electron chi connectivity index (χ0n) is 14.2. The van der Waals surface area contributed by atoms with Gasteiger partial charge in [0.1, 0.15) is 0 Å². The average Bonchev–Trinajstić information content (AvgIpc) is 2.83. The maximum absolute atomic E-state index is 12.3. The van der Waals surface area contributed by atoms with Crippen LogP contribution < -0.4 is 10.6 Å². The van der Waals surface area contributed by atoms with Crippen LogP contribution in [0.2, 0.25) is 0 Å². The number of aromatic nitrogens is 3. The van der Waals surface area contributed by atoms with E-state index in [4.69, 9.17) is 0 Å². The Bertz CT molecular complexity index is 754. The van der Waals surface area contributed by atoms with Crippen molar-refractivity contribution < 1.29 is 14.3 Å². The number of alkyl carbamates (subject to hydrolysis) is 1. The van der Waals surface area contributed by atoms with Gasteiger partial charge in [-0.15, -0.1) is 0 Å². The van der Waals surface area contributed by atoms with E-state index in [1.807, 2.05) is 20.9 Å². The van der Waals surface area contributed by atoms with Crippen LogP contribution >= 0.6 is 0 Å². The molecule has 2 amide bonds. The Morgan fingerprint density at radius 1 is 1.25 bits per heavy atom. The van der Waals surface area contributed by atoms with Gasteiger partial charge in [0, 0.05) is 36.6 Å². The molecule has 8 nitrogen and oxygen atoms in total. The van der Waals surface area contributed by atoms with E-state index in [1.54, 1.807) is 16.8 Å². The molecule has 0 aliphatic heterocycles. The zero-order chi connectivity index (χ0) is 17.7. The number of nitrogens with one attached hydrogen (secondary N) is 2. The highest BCUT2D eigenvalue weighted by Gasteiger charge is 2.12. The summed E-state index contributed by atoms with van der Waals surface area (Å²) in [5, 5.41) is 9.73. The lowest BCUT2D eigenvalue weighted by Crippen LogP contribution is -2.25. The fraction of sp³-hybridized carbons (Fsp3) is 0.375. The molecule has 0 fully saturated rings. The number of hydrogen-bond donors (Lipinski definition) is 2. The summed E-state index contributed by atoms with van der Waals surface area (Å²) in [7, 11) is 3.16. The third kappa shape index (κ3) is 4.09. The fourth-order valence-corrected chi connectivity index (χ4v) is 2.30. The van der Waals surface area contributed by atoms with Crippen molar-refractivity contribution in [3.05, 3.63) is 46.5 Å². The van der Waals surface area contributed by atoms with E-state index in [-0.39, 0.29) is 12.5 Å². The Balaban J connectivity index is 2.00. The van der Waals surface area contributed by atoms with Crippen LogP contribution in [0.3, 0.4) is 0 Å². The van der Waals surface area contributed by atoms with Gasteiger partial charge in [0.25, 0.3) is 5.91 Å². The SMILES string of the molecule is COC(=O)NCc1cc(C(=O)NCc2c(C)nn(C)c2C)ccn1. The van der Waals surface area contributed by atoms with Crippen molar-refractivity contribution in [2.75, 3.05) is 7.11 Å². The molecule has 128 valence electrons. The van der Waals surface area contributed by atoms with Crippen molar-refractivity contribution in [1.29, 1.82) is 0 Å². The molecule has 2 aromatic heterocycles. The molecule has 2 rings (SSSR count). The highest BCUT2D eigenvalue weighted by molar-refractivity contribution is 5.94. The second-order valence-corrected chi connectivity index (χ2v) is 5.34. The van der Waals surface area contributed by atoms with Crippen LogP contribution in [0.15, 0.2) is 18.3 Å². The molecule has 0 saturated heterocycles. The van der Waals surface area contributed by atoms with Crippen LogP contribution in [-0.4, -0.2) is 33.9 Å². The lowest BCUT2D eigenvalue weighted by molar-refractivity contribution is 0.0950. The quantitative estimate of drug-likeness (QED) is 0.858. The molecule has 0 aliphatic carbocycles. The van der Waals surface area contributed by atoms with E-state index in [1.165, 1.54) is 13.3 Å². The first-order valence-electron chi connectivity index (χ1n) is 7.46. The summed E-state index contributed by atoms with van der Waals surface area (Å²) < 4.78 is 6.29. The highest BCUT2D eigenvalue weighted by atomic mass is 16.5. The smallest absolute Gasteiger partial charge is 0.407 e. The number of carbonyl (C=O) groups excluding carboxylic acids is 2. The van der Waals surface area contributed by atoms with Gasteiger partial charge in [-0.2, -0.15) is 5.10 Å². The third-order valence-corrected chi connectivity index (χ3v) is 3.76. The van der Waals surface area contributed by atoms with Crippen molar-refractivity contribution in [3.63, 3.8) is 0 Å². The number of amides is 2. The van der Waals surface area contributed by atoms with E-state index >= 15 is 0 Å². The van der Waals surface area contributed by atoms with Crippen molar-refractivity contribution in [2.24, 2.45) is 7.05 Å². The zero-order valence-corrected chi connectivity index (χ0v) is 14.2. The molecule has 0 saturated carbocycles. The van der Waals surface area contributed by atoms with Gasteiger partial charge in [-0.05, 0) is 26.0 Å². The molecule has 24 heavy (non-hydrogen) atoms. The standard InChI is InChI=1S/C16H21N5O3/c1-10-14(11(2)21(3)20-10)9-18-15(22)12-5-6-17-13(7-12)8-19-16(23)24-4/h5-7H,8-9H2,1-4H3,(H,18,22)(H,19,23). The Morgan fingerprint density at radius 3 is 2.62 bits per heavy atom. The molecule has 2 heterocycles. The number of carbonyl (C=O) groups is 2. The Kier molecular flexibility index (Phi) is 5.51. The minimum atomic E-state index is -0.547. The normalized spacial score (nSPS) is 10.3. The summed E-state index contributed by atoms with van der Waals surface area (Å²) in [4.78, 5) is 27.5. The molecule has 0 atom stereocenters. The molecule has 2 aromatic rings. The predicted molar refractivity (Wildman–Crippen MR) is 87.3 cm³/mol. The monoisotopic (exact) mass is 331 g/mol. The van der Waals surface area contributed by atoms with Gasteiger partial charge >= 0.3 is 6.09 Å². The first-order valence-corrected chi connectivity index (χ1v) is 7.46. The molecular weight excluding hydrogens is 310 g/mol. The summed E-state index contributed by atoms with van der Waals surface area (Å²) in [6.07, 6.45) is 0.984. The first-order chi connectivity index (χ1) is 11.4. The highest BCUT2D eigenvalue weighted by Crippen LogP contribution is 2.11. The third-order valence-electron chi connectivity index (χ3n) is 3.76. The number of rotatable bonds is 5. The number of nitrogens with zero attached hydrogens (tertiary/aromatic N) is 3. The van der Waals surface area contributed by atoms with Gasteiger partial charge in [-0.1, -0.05) is 0 Å². The summed E-state index contributed by atoms with van der Waals surface area (Å²) in [6.45, 7) is 4.47. The second kappa shape index (κ2) is 7.58. The van der Waals surface area contributed by atoms with Crippen molar-refractivity contribution >= 4 is 12.0 Å². The summed E-state index contributed by atoms with van der Waals surface area (Å²) in [6, 6.07) is 3.26. The predicted octanol–water partition coefficient (Wildman–Crippen LogP) is 1.22. The number of pyridine rings is 1. The lowest BCUT2D eigenvalue weighted by atomic mass is 10.1. The summed E-state index contributed by atoms with van der Waals surface area (Å²) >= 11 is 0. The summed E-state index contributed by atoms with van der Waals surface area (Å²) in [5.74, 6) is -0.209. The molecule has 0 aliphatic rings. The molecule has 0 spiro atoms. The second-order valence-electron chi connectivity index (χ2n) is 5.34. The topological polar surface area (TPSA) is 98.1 Å². The Morgan fingerprint density at radius 2 is 2.00 bits per heavy atom. The molecule has 8 heteroatoms. The largest absolute Gasteiger partial charge is 0.453 e. The average molecular weight is 331 g/mol. The van der Waals surface area contributed by atoms with Gasteiger partial charge in [0.15, 0.2) is 0 Å². The van der Waals surface area contributed by atoms with E-state index in [9.17, 15) is 9.59 Å². The van der Waals surface area contributed by atoms with Crippen molar-refractivity contribution in [2.45, 2.75) is 26.9 Å². The Labute approximate surface area is 140 Å².